The van der Waals surface area contributed by atoms with Crippen LogP contribution < -0.4 is 4.74 Å². The average Bonchev–Trinajstić information content (AvgIpc) is 2.27. The minimum atomic E-state index is 0.830. The van der Waals surface area contributed by atoms with Crippen molar-refractivity contribution in [1.82, 2.24) is 0 Å². The van der Waals surface area contributed by atoms with Crippen LogP contribution in [0, 0.1) is 0 Å². The fourth-order valence-corrected chi connectivity index (χ4v) is 1.41. The standard InChI is InChI=1S/C14H20O/c1-3-5-6-12-15-14-10-8-13(7-4-2)9-11-14/h4,7-11H,3,5-6,12H2,1-2H3. The van der Waals surface area contributed by atoms with Gasteiger partial charge in [0.2, 0.25) is 0 Å². The topological polar surface area (TPSA) is 9.23 Å². The SMILES string of the molecule is CC=Cc1ccc(OCCCCC)cc1. The maximum Gasteiger partial charge on any atom is 0.119 e. The lowest BCUT2D eigenvalue weighted by Gasteiger charge is -2.05. The Hall–Kier alpha value is -1.24. The fourth-order valence-electron chi connectivity index (χ4n) is 1.41. The van der Waals surface area contributed by atoms with Gasteiger partial charge in [-0.1, -0.05) is 44.1 Å². The molecule has 0 N–H and O–H groups in total. The highest BCUT2D eigenvalue weighted by molar-refractivity contribution is 5.50. The predicted molar refractivity (Wildman–Crippen MR) is 66.2 cm³/mol. The van der Waals surface area contributed by atoms with E-state index in [0.29, 0.717) is 0 Å². The molecule has 0 aliphatic carbocycles. The Morgan fingerprint density at radius 2 is 1.87 bits per heavy atom. The summed E-state index contributed by atoms with van der Waals surface area (Å²) >= 11 is 0. The van der Waals surface area contributed by atoms with Crippen LogP contribution in [0.15, 0.2) is 30.3 Å². The van der Waals surface area contributed by atoms with Crippen LogP contribution in [0.25, 0.3) is 6.08 Å². The Labute approximate surface area is 92.8 Å². The zero-order chi connectivity index (χ0) is 10.9. The summed E-state index contributed by atoms with van der Waals surface area (Å²) in [4.78, 5) is 0. The first-order chi connectivity index (χ1) is 7.36. The number of rotatable bonds is 6. The van der Waals surface area contributed by atoms with Gasteiger partial charge < -0.3 is 4.74 Å². The number of hydrogen-bond acceptors (Lipinski definition) is 1. The second-order valence-electron chi connectivity index (χ2n) is 3.62. The van der Waals surface area contributed by atoms with Gasteiger partial charge >= 0.3 is 0 Å². The molecular weight excluding hydrogens is 184 g/mol. The minimum absolute atomic E-state index is 0.830. The summed E-state index contributed by atoms with van der Waals surface area (Å²) < 4.78 is 5.62. The minimum Gasteiger partial charge on any atom is -0.494 e. The van der Waals surface area contributed by atoms with Crippen LogP contribution >= 0.6 is 0 Å². The summed E-state index contributed by atoms with van der Waals surface area (Å²) in [7, 11) is 0. The summed E-state index contributed by atoms with van der Waals surface area (Å²) in [6.07, 6.45) is 7.76. The molecule has 0 heterocycles. The van der Waals surface area contributed by atoms with E-state index in [1.54, 1.807) is 0 Å². The van der Waals surface area contributed by atoms with Crippen LogP contribution in [0.4, 0.5) is 0 Å². The summed E-state index contributed by atoms with van der Waals surface area (Å²) in [5.74, 6) is 0.972. The van der Waals surface area contributed by atoms with Gasteiger partial charge in [-0.15, -0.1) is 0 Å². The fraction of sp³-hybridized carbons (Fsp3) is 0.429. The van der Waals surface area contributed by atoms with Crippen LogP contribution in [0.1, 0.15) is 38.7 Å². The molecule has 1 rings (SSSR count). The van der Waals surface area contributed by atoms with E-state index < -0.39 is 0 Å². The second kappa shape index (κ2) is 7.10. The summed E-state index contributed by atoms with van der Waals surface area (Å²) in [5.41, 5.74) is 1.22. The zero-order valence-corrected chi connectivity index (χ0v) is 9.70. The number of benzene rings is 1. The molecule has 0 atom stereocenters. The molecule has 1 aromatic rings. The molecular formula is C14H20O. The van der Waals surface area contributed by atoms with Crippen LogP contribution in [0.2, 0.25) is 0 Å². The van der Waals surface area contributed by atoms with Gasteiger partial charge in [-0.3, -0.25) is 0 Å². The van der Waals surface area contributed by atoms with Crippen molar-refractivity contribution in [3.8, 4) is 5.75 Å². The first kappa shape index (κ1) is 11.8. The quantitative estimate of drug-likeness (QED) is 0.628. The Morgan fingerprint density at radius 3 is 2.47 bits per heavy atom. The lowest BCUT2D eigenvalue weighted by Crippen LogP contribution is -1.96. The Morgan fingerprint density at radius 1 is 1.13 bits per heavy atom. The largest absolute Gasteiger partial charge is 0.494 e. The molecule has 0 aliphatic heterocycles. The third-order valence-corrected chi connectivity index (χ3v) is 2.26. The molecule has 1 aromatic carbocycles. The first-order valence-corrected chi connectivity index (χ1v) is 5.72. The van der Waals surface area contributed by atoms with Crippen LogP contribution in [0.5, 0.6) is 5.75 Å². The van der Waals surface area contributed by atoms with Crippen molar-refractivity contribution in [1.29, 1.82) is 0 Å². The van der Waals surface area contributed by atoms with Gasteiger partial charge in [0.05, 0.1) is 6.61 Å². The highest BCUT2D eigenvalue weighted by Crippen LogP contribution is 2.13. The Kier molecular flexibility index (Phi) is 5.60. The summed E-state index contributed by atoms with van der Waals surface area (Å²) in [5, 5.41) is 0. The van der Waals surface area contributed by atoms with E-state index in [4.69, 9.17) is 4.74 Å². The lowest BCUT2D eigenvalue weighted by molar-refractivity contribution is 0.306. The van der Waals surface area contributed by atoms with E-state index in [2.05, 4.69) is 25.1 Å². The molecule has 0 saturated carbocycles. The van der Waals surface area contributed by atoms with Crippen molar-refractivity contribution in [3.05, 3.63) is 35.9 Å². The first-order valence-electron chi connectivity index (χ1n) is 5.72. The molecule has 15 heavy (non-hydrogen) atoms. The molecule has 0 bridgehead atoms. The van der Waals surface area contributed by atoms with E-state index in [-0.39, 0.29) is 0 Å². The molecule has 0 spiro atoms. The van der Waals surface area contributed by atoms with Gasteiger partial charge in [0.15, 0.2) is 0 Å². The van der Waals surface area contributed by atoms with Crippen molar-refractivity contribution >= 4 is 6.08 Å². The molecule has 0 amide bonds. The van der Waals surface area contributed by atoms with Gasteiger partial charge in [0.25, 0.3) is 0 Å². The monoisotopic (exact) mass is 204 g/mol. The molecule has 0 aliphatic rings. The van der Waals surface area contributed by atoms with E-state index in [0.717, 1.165) is 18.8 Å². The molecule has 1 nitrogen and oxygen atoms in total. The summed E-state index contributed by atoms with van der Waals surface area (Å²) in [6, 6.07) is 8.22. The Balaban J connectivity index is 2.36. The Bertz CT molecular complexity index is 285. The second-order valence-corrected chi connectivity index (χ2v) is 3.62. The maximum absolute atomic E-state index is 5.62. The highest BCUT2D eigenvalue weighted by atomic mass is 16.5. The third kappa shape index (κ3) is 4.68. The molecule has 0 aromatic heterocycles. The number of unbranched alkanes of at least 4 members (excludes halogenated alkanes) is 2. The van der Waals surface area contributed by atoms with E-state index in [1.165, 1.54) is 18.4 Å². The molecule has 1 heteroatoms. The van der Waals surface area contributed by atoms with E-state index >= 15 is 0 Å². The third-order valence-electron chi connectivity index (χ3n) is 2.26. The van der Waals surface area contributed by atoms with Crippen LogP contribution in [-0.4, -0.2) is 6.61 Å². The average molecular weight is 204 g/mol. The molecule has 0 unspecified atom stereocenters. The summed E-state index contributed by atoms with van der Waals surface area (Å²) in [6.45, 7) is 5.05. The maximum atomic E-state index is 5.62. The van der Waals surface area contributed by atoms with Crippen molar-refractivity contribution in [2.24, 2.45) is 0 Å². The van der Waals surface area contributed by atoms with Gasteiger partial charge in [-0.25, -0.2) is 0 Å². The number of hydrogen-bond donors (Lipinski definition) is 0. The van der Waals surface area contributed by atoms with Crippen LogP contribution in [0.3, 0.4) is 0 Å². The molecule has 0 saturated heterocycles. The molecule has 82 valence electrons. The van der Waals surface area contributed by atoms with Crippen molar-refractivity contribution in [2.45, 2.75) is 33.1 Å². The van der Waals surface area contributed by atoms with Crippen molar-refractivity contribution in [3.63, 3.8) is 0 Å². The van der Waals surface area contributed by atoms with Gasteiger partial charge in [-0.05, 0) is 31.0 Å². The van der Waals surface area contributed by atoms with Gasteiger partial charge in [0.1, 0.15) is 5.75 Å². The van der Waals surface area contributed by atoms with E-state index in [9.17, 15) is 0 Å². The predicted octanol–water partition coefficient (Wildman–Crippen LogP) is 4.29. The number of ether oxygens (including phenoxy) is 1. The van der Waals surface area contributed by atoms with Crippen molar-refractivity contribution in [2.75, 3.05) is 6.61 Å². The smallest absolute Gasteiger partial charge is 0.119 e. The zero-order valence-electron chi connectivity index (χ0n) is 9.70. The lowest BCUT2D eigenvalue weighted by atomic mass is 10.2. The molecule has 0 radical (unpaired) electrons. The van der Waals surface area contributed by atoms with E-state index in [1.807, 2.05) is 25.1 Å². The normalized spacial score (nSPS) is 10.8. The number of allylic oxidation sites excluding steroid dienone is 1. The van der Waals surface area contributed by atoms with Gasteiger partial charge in [-0.2, -0.15) is 0 Å². The van der Waals surface area contributed by atoms with Crippen molar-refractivity contribution < 1.29 is 4.74 Å². The highest BCUT2D eigenvalue weighted by Gasteiger charge is 1.93. The van der Waals surface area contributed by atoms with Crippen LogP contribution in [-0.2, 0) is 0 Å². The molecule has 0 fully saturated rings. The van der Waals surface area contributed by atoms with Gasteiger partial charge in [0, 0.05) is 0 Å².